The second kappa shape index (κ2) is 42.0. The van der Waals surface area contributed by atoms with Crippen molar-refractivity contribution in [3.63, 3.8) is 0 Å². The molecule has 0 aliphatic heterocycles. The van der Waals surface area contributed by atoms with Gasteiger partial charge < -0.3 is 33.6 Å². The van der Waals surface area contributed by atoms with Crippen LogP contribution in [0.4, 0.5) is 0 Å². The summed E-state index contributed by atoms with van der Waals surface area (Å²) in [5, 5.41) is 19.8. The molecule has 29 heavy (non-hydrogen) atoms. The van der Waals surface area contributed by atoms with Gasteiger partial charge in [0.15, 0.2) is 0 Å². The minimum atomic E-state index is -0.920. The van der Waals surface area contributed by atoms with Gasteiger partial charge in [0.1, 0.15) is 0 Å². The van der Waals surface area contributed by atoms with Gasteiger partial charge in [-0.3, -0.25) is 0 Å². The van der Waals surface area contributed by atoms with Crippen LogP contribution in [0.3, 0.4) is 0 Å². The first kappa shape index (κ1) is 39.3. The largest absolute Gasteiger partial charge is 4.00 e. The SMILES string of the molecule is CCCCCCCC(=O)[O-].CCCCCCCC(=O)[O-].[CH2-]CCC.[CH2-]CCC.[Zr+4]. The fraction of sp³-hybridized carbons (Fsp3) is 0.833. The zero-order chi connectivity index (χ0) is 22.5. The molecule has 0 fully saturated rings. The van der Waals surface area contributed by atoms with Crippen LogP contribution >= 0.6 is 0 Å². The second-order valence-electron chi connectivity index (χ2n) is 6.78. The van der Waals surface area contributed by atoms with E-state index < -0.39 is 11.9 Å². The molecule has 0 aliphatic rings. The van der Waals surface area contributed by atoms with Gasteiger partial charge >= 0.3 is 26.2 Å². The predicted molar refractivity (Wildman–Crippen MR) is 117 cm³/mol. The van der Waals surface area contributed by atoms with Gasteiger partial charge in [0.05, 0.1) is 0 Å². The van der Waals surface area contributed by atoms with Crippen LogP contribution in [0.15, 0.2) is 0 Å². The van der Waals surface area contributed by atoms with Crippen molar-refractivity contribution in [1.82, 2.24) is 0 Å². The molecule has 0 spiro atoms. The van der Waals surface area contributed by atoms with Crippen LogP contribution in [-0.4, -0.2) is 11.9 Å². The molecule has 0 aliphatic carbocycles. The molecule has 0 amide bonds. The Morgan fingerprint density at radius 1 is 0.552 bits per heavy atom. The maximum atomic E-state index is 9.92. The van der Waals surface area contributed by atoms with Crippen molar-refractivity contribution in [2.24, 2.45) is 0 Å². The maximum absolute atomic E-state index is 9.92. The van der Waals surface area contributed by atoms with Crippen molar-refractivity contribution < 1.29 is 46.0 Å². The average Bonchev–Trinajstić information content (AvgIpc) is 2.68. The summed E-state index contributed by atoms with van der Waals surface area (Å²) in [6.07, 6.45) is 15.8. The number of rotatable bonds is 14. The fourth-order valence-electron chi connectivity index (χ4n) is 1.75. The fourth-order valence-corrected chi connectivity index (χ4v) is 1.75. The van der Waals surface area contributed by atoms with E-state index >= 15 is 0 Å². The number of aliphatic carboxylic acids is 2. The molecule has 0 atom stereocenters. The number of hydrogen-bond acceptors (Lipinski definition) is 4. The second-order valence-corrected chi connectivity index (χ2v) is 6.78. The summed E-state index contributed by atoms with van der Waals surface area (Å²) in [6, 6.07) is 0. The van der Waals surface area contributed by atoms with E-state index in [2.05, 4.69) is 41.5 Å². The van der Waals surface area contributed by atoms with Crippen molar-refractivity contribution in [2.75, 3.05) is 0 Å². The molecule has 0 N–H and O–H groups in total. The van der Waals surface area contributed by atoms with E-state index in [1.165, 1.54) is 38.5 Å². The smallest absolute Gasteiger partial charge is 0.550 e. The van der Waals surface area contributed by atoms with Gasteiger partial charge in [0, 0.05) is 11.9 Å². The topological polar surface area (TPSA) is 80.3 Å². The monoisotopic (exact) mass is 490 g/mol. The third kappa shape index (κ3) is 74.1. The Labute approximate surface area is 201 Å². The van der Waals surface area contributed by atoms with Gasteiger partial charge in [-0.1, -0.05) is 91.9 Å². The van der Waals surface area contributed by atoms with Crippen molar-refractivity contribution >= 4 is 11.9 Å². The molecule has 0 saturated heterocycles. The van der Waals surface area contributed by atoms with Crippen LogP contribution in [0.2, 0.25) is 0 Å². The molecule has 172 valence electrons. The molecular formula is C24H48O4Zr. The molecular weight excluding hydrogens is 443 g/mol. The van der Waals surface area contributed by atoms with E-state index in [0.29, 0.717) is 0 Å². The molecule has 0 rings (SSSR count). The standard InChI is InChI=1S/2C8H16O2.2C4H9.Zr/c2*1-2-3-4-5-6-7-8(9)10;2*1-3-4-2;/h2*2-7H2,1H3,(H,9,10);2*1,3-4H2,2H3;/q;;2*-1;+4/p-2. The number of carboxylic acid groups (broad SMARTS) is 2. The van der Waals surface area contributed by atoms with Crippen LogP contribution in [0.1, 0.15) is 130 Å². The van der Waals surface area contributed by atoms with Crippen LogP contribution in [0, 0.1) is 13.8 Å². The first-order chi connectivity index (χ1) is 13.4. The first-order valence-electron chi connectivity index (χ1n) is 11.4. The summed E-state index contributed by atoms with van der Waals surface area (Å²) >= 11 is 0. The molecule has 5 heteroatoms. The molecule has 0 aromatic rings. The molecule has 0 heterocycles. The molecule has 0 bridgehead atoms. The molecule has 0 unspecified atom stereocenters. The van der Waals surface area contributed by atoms with Crippen LogP contribution in [-0.2, 0) is 35.8 Å². The third-order valence-corrected chi connectivity index (χ3v) is 3.68. The van der Waals surface area contributed by atoms with Crippen LogP contribution < -0.4 is 10.2 Å². The third-order valence-electron chi connectivity index (χ3n) is 3.68. The first-order valence-corrected chi connectivity index (χ1v) is 11.4. The number of carbonyl (C=O) groups excluding carboxylic acids is 2. The minimum absolute atomic E-state index is 0. The van der Waals surface area contributed by atoms with Gasteiger partial charge in [-0.2, -0.15) is 12.8 Å². The normalized spacial score (nSPS) is 8.76. The van der Waals surface area contributed by atoms with Gasteiger partial charge in [0.2, 0.25) is 0 Å². The van der Waals surface area contributed by atoms with E-state index in [1.54, 1.807) is 0 Å². The summed E-state index contributed by atoms with van der Waals surface area (Å²) in [5.41, 5.74) is 0. The summed E-state index contributed by atoms with van der Waals surface area (Å²) < 4.78 is 0. The molecule has 0 radical (unpaired) electrons. The van der Waals surface area contributed by atoms with E-state index in [0.717, 1.165) is 51.4 Å². The summed E-state index contributed by atoms with van der Waals surface area (Å²) in [7, 11) is 0. The zero-order valence-electron chi connectivity index (χ0n) is 19.9. The quantitative estimate of drug-likeness (QED) is 0.240. The Kier molecular flexibility index (Phi) is 57.0. The van der Waals surface area contributed by atoms with E-state index in [-0.39, 0.29) is 39.0 Å². The van der Waals surface area contributed by atoms with Crippen molar-refractivity contribution in [3.8, 4) is 0 Å². The Hall–Kier alpha value is -0.177. The Bertz CT molecular complexity index is 252. The maximum Gasteiger partial charge on any atom is 4.00 e. The van der Waals surface area contributed by atoms with Crippen LogP contribution in [0.25, 0.3) is 0 Å². The van der Waals surface area contributed by atoms with Crippen molar-refractivity contribution in [1.29, 1.82) is 0 Å². The van der Waals surface area contributed by atoms with E-state index in [9.17, 15) is 19.8 Å². The minimum Gasteiger partial charge on any atom is -0.550 e. The molecule has 4 nitrogen and oxygen atoms in total. The Balaban J connectivity index is -0.0000000950. The van der Waals surface area contributed by atoms with Crippen molar-refractivity contribution in [2.45, 2.75) is 130 Å². The number of carbonyl (C=O) groups is 2. The van der Waals surface area contributed by atoms with Gasteiger partial charge in [-0.05, 0) is 25.7 Å². The number of unbranched alkanes of at least 4 members (excludes halogenated alkanes) is 10. The number of carboxylic acids is 2. The average molecular weight is 492 g/mol. The van der Waals surface area contributed by atoms with Gasteiger partial charge in [0.25, 0.3) is 0 Å². The predicted octanol–water partition coefficient (Wildman–Crippen LogP) is 5.43. The van der Waals surface area contributed by atoms with E-state index in [4.69, 9.17) is 0 Å². The summed E-state index contributed by atoms with van der Waals surface area (Å²) in [4.78, 5) is 19.8. The Morgan fingerprint density at radius 2 is 0.793 bits per heavy atom. The van der Waals surface area contributed by atoms with Gasteiger partial charge in [-0.15, -0.1) is 0 Å². The Morgan fingerprint density at radius 3 is 0.966 bits per heavy atom. The molecule has 0 aromatic carbocycles. The van der Waals surface area contributed by atoms with E-state index in [1.807, 2.05) is 0 Å². The molecule has 0 aromatic heterocycles. The summed E-state index contributed by atoms with van der Waals surface area (Å²) in [5.74, 6) is -1.84. The van der Waals surface area contributed by atoms with Gasteiger partial charge in [-0.25, -0.2) is 0 Å². The number of hydrogen-bond donors (Lipinski definition) is 0. The van der Waals surface area contributed by atoms with Crippen molar-refractivity contribution in [3.05, 3.63) is 13.8 Å². The zero-order valence-corrected chi connectivity index (χ0v) is 22.3. The van der Waals surface area contributed by atoms with Crippen LogP contribution in [0.5, 0.6) is 0 Å². The molecule has 0 saturated carbocycles. The summed E-state index contributed by atoms with van der Waals surface area (Å²) in [6.45, 7) is 15.7.